The Kier molecular flexibility index (Phi) is 4.02. The molecule has 0 aliphatic rings. The van der Waals surface area contributed by atoms with Gasteiger partial charge in [0.2, 0.25) is 0 Å². The van der Waals surface area contributed by atoms with Crippen LogP contribution in [0.1, 0.15) is 5.56 Å². The van der Waals surface area contributed by atoms with Gasteiger partial charge in [-0.3, -0.25) is 0 Å². The average molecular weight is 313 g/mol. The van der Waals surface area contributed by atoms with E-state index in [0.29, 0.717) is 5.82 Å². The van der Waals surface area contributed by atoms with Gasteiger partial charge in [0.1, 0.15) is 11.6 Å². The van der Waals surface area contributed by atoms with E-state index in [1.807, 2.05) is 6.07 Å². The molecule has 0 spiro atoms. The Morgan fingerprint density at radius 1 is 1.29 bits per heavy atom. The third-order valence-electron chi connectivity index (χ3n) is 2.17. The SMILES string of the molecule is Nc1ccc(SCc2ccc(F)cc2Br)cn1. The van der Waals surface area contributed by atoms with Crippen molar-refractivity contribution in [1.82, 2.24) is 4.98 Å². The number of halogens is 2. The zero-order chi connectivity index (χ0) is 12.3. The zero-order valence-corrected chi connectivity index (χ0v) is 11.3. The highest BCUT2D eigenvalue weighted by Crippen LogP contribution is 2.27. The van der Waals surface area contributed by atoms with E-state index in [4.69, 9.17) is 5.73 Å². The van der Waals surface area contributed by atoms with E-state index in [9.17, 15) is 4.39 Å². The Balaban J connectivity index is 2.04. The first kappa shape index (κ1) is 12.4. The van der Waals surface area contributed by atoms with Gasteiger partial charge >= 0.3 is 0 Å². The largest absolute Gasteiger partial charge is 0.384 e. The molecule has 0 saturated heterocycles. The molecule has 88 valence electrons. The van der Waals surface area contributed by atoms with Crippen LogP contribution in [-0.2, 0) is 5.75 Å². The summed E-state index contributed by atoms with van der Waals surface area (Å²) in [5, 5.41) is 0. The molecule has 2 rings (SSSR count). The maximum Gasteiger partial charge on any atom is 0.124 e. The van der Waals surface area contributed by atoms with Crippen molar-refractivity contribution < 1.29 is 4.39 Å². The number of thioether (sulfide) groups is 1. The molecule has 17 heavy (non-hydrogen) atoms. The second kappa shape index (κ2) is 5.51. The van der Waals surface area contributed by atoms with Crippen molar-refractivity contribution in [3.63, 3.8) is 0 Å². The molecule has 1 heterocycles. The summed E-state index contributed by atoms with van der Waals surface area (Å²) < 4.78 is 13.7. The molecule has 1 aromatic carbocycles. The van der Waals surface area contributed by atoms with Crippen LogP contribution in [0.2, 0.25) is 0 Å². The van der Waals surface area contributed by atoms with Crippen LogP contribution in [-0.4, -0.2) is 4.98 Å². The van der Waals surface area contributed by atoms with E-state index >= 15 is 0 Å². The topological polar surface area (TPSA) is 38.9 Å². The Bertz CT molecular complexity index is 516. The maximum atomic E-state index is 12.9. The Morgan fingerprint density at radius 3 is 2.76 bits per heavy atom. The van der Waals surface area contributed by atoms with Crippen LogP contribution in [0.25, 0.3) is 0 Å². The van der Waals surface area contributed by atoms with Gasteiger partial charge in [-0.1, -0.05) is 22.0 Å². The summed E-state index contributed by atoms with van der Waals surface area (Å²) in [6.07, 6.45) is 1.73. The monoisotopic (exact) mass is 312 g/mol. The average Bonchev–Trinajstić information content (AvgIpc) is 2.30. The van der Waals surface area contributed by atoms with E-state index in [0.717, 1.165) is 20.7 Å². The minimum Gasteiger partial charge on any atom is -0.384 e. The highest BCUT2D eigenvalue weighted by Gasteiger charge is 2.03. The van der Waals surface area contributed by atoms with Gasteiger partial charge in [-0.2, -0.15) is 0 Å². The summed E-state index contributed by atoms with van der Waals surface area (Å²) in [6.45, 7) is 0. The van der Waals surface area contributed by atoms with Crippen LogP contribution in [0, 0.1) is 5.82 Å². The quantitative estimate of drug-likeness (QED) is 0.875. The van der Waals surface area contributed by atoms with Crippen molar-refractivity contribution in [3.8, 4) is 0 Å². The molecule has 5 heteroatoms. The smallest absolute Gasteiger partial charge is 0.124 e. The highest BCUT2D eigenvalue weighted by atomic mass is 79.9. The minimum atomic E-state index is -0.236. The standard InChI is InChI=1S/C12H10BrFN2S/c13-11-5-9(14)2-1-8(11)7-17-10-3-4-12(15)16-6-10/h1-6H,7H2,(H2,15,16). The number of hydrogen-bond acceptors (Lipinski definition) is 3. The second-order valence-corrected chi connectivity index (χ2v) is 5.35. The molecule has 0 saturated carbocycles. The molecule has 2 nitrogen and oxygen atoms in total. The predicted octanol–water partition coefficient (Wildman–Crippen LogP) is 3.86. The molecule has 0 fully saturated rings. The molecule has 1 aromatic heterocycles. The van der Waals surface area contributed by atoms with Gasteiger partial charge in [0.15, 0.2) is 0 Å². The number of pyridine rings is 1. The molecular formula is C12H10BrFN2S. The van der Waals surface area contributed by atoms with Gasteiger partial charge in [0.05, 0.1) is 0 Å². The number of anilines is 1. The molecule has 2 aromatic rings. The van der Waals surface area contributed by atoms with Gasteiger partial charge in [-0.05, 0) is 29.8 Å². The fourth-order valence-electron chi connectivity index (χ4n) is 1.28. The molecular weight excluding hydrogens is 303 g/mol. The van der Waals surface area contributed by atoms with E-state index in [1.54, 1.807) is 30.1 Å². The van der Waals surface area contributed by atoms with Crippen molar-refractivity contribution in [2.24, 2.45) is 0 Å². The van der Waals surface area contributed by atoms with Crippen molar-refractivity contribution in [1.29, 1.82) is 0 Å². The van der Waals surface area contributed by atoms with Gasteiger partial charge in [0, 0.05) is 21.3 Å². The lowest BCUT2D eigenvalue weighted by atomic mass is 10.2. The third-order valence-corrected chi connectivity index (χ3v) is 3.94. The van der Waals surface area contributed by atoms with Crippen molar-refractivity contribution in [3.05, 3.63) is 52.4 Å². The molecule has 0 bridgehead atoms. The highest BCUT2D eigenvalue weighted by molar-refractivity contribution is 9.10. The Morgan fingerprint density at radius 2 is 2.12 bits per heavy atom. The van der Waals surface area contributed by atoms with E-state index in [-0.39, 0.29) is 5.82 Å². The summed E-state index contributed by atoms with van der Waals surface area (Å²) >= 11 is 4.98. The van der Waals surface area contributed by atoms with Crippen molar-refractivity contribution in [2.75, 3.05) is 5.73 Å². The molecule has 0 amide bonds. The fourth-order valence-corrected chi connectivity index (χ4v) is 2.82. The Labute approximate surface area is 112 Å². The van der Waals surface area contributed by atoms with Gasteiger partial charge in [-0.15, -0.1) is 11.8 Å². The van der Waals surface area contributed by atoms with E-state index in [2.05, 4.69) is 20.9 Å². The summed E-state index contributed by atoms with van der Waals surface area (Å²) in [6, 6.07) is 8.39. The van der Waals surface area contributed by atoms with Crippen LogP contribution in [0.5, 0.6) is 0 Å². The molecule has 0 atom stereocenters. The number of nitrogens with zero attached hydrogens (tertiary/aromatic N) is 1. The predicted molar refractivity (Wildman–Crippen MR) is 72.3 cm³/mol. The summed E-state index contributed by atoms with van der Waals surface area (Å²) in [5.41, 5.74) is 6.55. The minimum absolute atomic E-state index is 0.236. The number of hydrogen-bond donors (Lipinski definition) is 1. The summed E-state index contributed by atoms with van der Waals surface area (Å²) in [5.74, 6) is 1.03. The number of nitrogens with two attached hydrogens (primary N) is 1. The lowest BCUT2D eigenvalue weighted by Gasteiger charge is -2.04. The molecule has 0 aliphatic heterocycles. The van der Waals surface area contributed by atoms with Crippen LogP contribution < -0.4 is 5.73 Å². The van der Waals surface area contributed by atoms with Crippen LogP contribution in [0.4, 0.5) is 10.2 Å². The first-order valence-corrected chi connectivity index (χ1v) is 6.71. The van der Waals surface area contributed by atoms with Gasteiger partial charge < -0.3 is 5.73 Å². The number of benzene rings is 1. The molecule has 2 N–H and O–H groups in total. The van der Waals surface area contributed by atoms with E-state index < -0.39 is 0 Å². The van der Waals surface area contributed by atoms with E-state index in [1.165, 1.54) is 12.1 Å². The first-order chi connectivity index (χ1) is 8.15. The lowest BCUT2D eigenvalue weighted by Crippen LogP contribution is -1.89. The van der Waals surface area contributed by atoms with Crippen molar-refractivity contribution >= 4 is 33.5 Å². The summed E-state index contributed by atoms with van der Waals surface area (Å²) in [4.78, 5) is 5.05. The van der Waals surface area contributed by atoms with Gasteiger partial charge in [-0.25, -0.2) is 9.37 Å². The zero-order valence-electron chi connectivity index (χ0n) is 8.86. The fraction of sp³-hybridized carbons (Fsp3) is 0.0833. The number of aromatic nitrogens is 1. The van der Waals surface area contributed by atoms with Gasteiger partial charge in [0.25, 0.3) is 0 Å². The van der Waals surface area contributed by atoms with Crippen LogP contribution in [0.3, 0.4) is 0 Å². The lowest BCUT2D eigenvalue weighted by molar-refractivity contribution is 0.626. The van der Waals surface area contributed by atoms with Crippen LogP contribution >= 0.6 is 27.7 Å². The van der Waals surface area contributed by atoms with Crippen LogP contribution in [0.15, 0.2) is 45.9 Å². The molecule has 0 aliphatic carbocycles. The summed E-state index contributed by atoms with van der Waals surface area (Å²) in [7, 11) is 0. The third kappa shape index (κ3) is 3.44. The number of nitrogen functional groups attached to an aromatic ring is 1. The second-order valence-electron chi connectivity index (χ2n) is 3.44. The maximum absolute atomic E-state index is 12.9. The Hall–Kier alpha value is -1.07. The molecule has 0 unspecified atom stereocenters. The van der Waals surface area contributed by atoms with Crippen molar-refractivity contribution in [2.45, 2.75) is 10.6 Å². The normalized spacial score (nSPS) is 10.5. The first-order valence-electron chi connectivity index (χ1n) is 4.93. The molecule has 0 radical (unpaired) electrons. The number of rotatable bonds is 3.